The molecular formula is C17H18N4OS2. The van der Waals surface area contributed by atoms with Crippen molar-refractivity contribution in [3.63, 3.8) is 0 Å². The molecule has 1 amide bonds. The molecule has 0 bridgehead atoms. The van der Waals surface area contributed by atoms with Crippen molar-refractivity contribution in [3.8, 4) is 11.4 Å². The third-order valence-electron chi connectivity index (χ3n) is 3.46. The molecule has 1 N–H and O–H groups in total. The Kier molecular flexibility index (Phi) is 5.01. The monoisotopic (exact) mass is 358 g/mol. The maximum absolute atomic E-state index is 12.1. The summed E-state index contributed by atoms with van der Waals surface area (Å²) in [5.41, 5.74) is 2.99. The number of anilines is 1. The number of benzene rings is 1. The van der Waals surface area contributed by atoms with Gasteiger partial charge < -0.3 is 9.88 Å². The van der Waals surface area contributed by atoms with E-state index in [2.05, 4.69) is 33.9 Å². The summed E-state index contributed by atoms with van der Waals surface area (Å²) in [6, 6.07) is 9.85. The van der Waals surface area contributed by atoms with Crippen LogP contribution < -0.4 is 5.32 Å². The highest BCUT2D eigenvalue weighted by molar-refractivity contribution is 7.99. The van der Waals surface area contributed by atoms with Gasteiger partial charge in [0.2, 0.25) is 5.91 Å². The number of nitrogens with zero attached hydrogens (tertiary/aromatic N) is 3. The Morgan fingerprint density at radius 3 is 2.83 bits per heavy atom. The summed E-state index contributed by atoms with van der Waals surface area (Å²) in [6.45, 7) is 4.06. The molecule has 0 fully saturated rings. The fourth-order valence-corrected chi connectivity index (χ4v) is 3.70. The van der Waals surface area contributed by atoms with E-state index in [0.717, 1.165) is 27.8 Å². The Morgan fingerprint density at radius 1 is 1.29 bits per heavy atom. The number of hydrogen-bond donors (Lipinski definition) is 1. The van der Waals surface area contributed by atoms with Crippen molar-refractivity contribution in [2.75, 3.05) is 11.1 Å². The number of thioether (sulfide) groups is 1. The van der Waals surface area contributed by atoms with E-state index in [-0.39, 0.29) is 5.91 Å². The zero-order valence-electron chi connectivity index (χ0n) is 13.7. The van der Waals surface area contributed by atoms with Crippen molar-refractivity contribution in [2.45, 2.75) is 19.0 Å². The van der Waals surface area contributed by atoms with Crippen LogP contribution in [0, 0.1) is 13.8 Å². The minimum Gasteiger partial charge on any atom is -0.325 e. The second kappa shape index (κ2) is 7.19. The summed E-state index contributed by atoms with van der Waals surface area (Å²) >= 11 is 3.07. The van der Waals surface area contributed by atoms with E-state index in [4.69, 9.17) is 0 Å². The quantitative estimate of drug-likeness (QED) is 0.703. The summed E-state index contributed by atoms with van der Waals surface area (Å²) in [5, 5.41) is 14.1. The molecular weight excluding hydrogens is 340 g/mol. The lowest BCUT2D eigenvalue weighted by atomic mass is 10.2. The van der Waals surface area contributed by atoms with Crippen molar-refractivity contribution in [1.29, 1.82) is 0 Å². The molecule has 0 aliphatic heterocycles. The molecule has 0 atom stereocenters. The molecule has 0 saturated heterocycles. The van der Waals surface area contributed by atoms with Gasteiger partial charge in [-0.05, 0) is 37.6 Å². The number of carbonyl (C=O) groups is 1. The highest BCUT2D eigenvalue weighted by Gasteiger charge is 2.13. The molecule has 0 unspecified atom stereocenters. The van der Waals surface area contributed by atoms with E-state index in [0.29, 0.717) is 5.75 Å². The van der Waals surface area contributed by atoms with Gasteiger partial charge >= 0.3 is 0 Å². The molecule has 2 heterocycles. The van der Waals surface area contributed by atoms with Crippen LogP contribution in [0.2, 0.25) is 0 Å². The van der Waals surface area contributed by atoms with Crippen LogP contribution in [0.3, 0.4) is 0 Å². The number of amides is 1. The fourth-order valence-electron chi connectivity index (χ4n) is 2.30. The van der Waals surface area contributed by atoms with E-state index >= 15 is 0 Å². The van der Waals surface area contributed by atoms with Gasteiger partial charge in [0, 0.05) is 28.6 Å². The molecule has 124 valence electrons. The minimum absolute atomic E-state index is 0.0541. The lowest BCUT2D eigenvalue weighted by Gasteiger charge is -2.06. The van der Waals surface area contributed by atoms with Gasteiger partial charge in [0.15, 0.2) is 11.0 Å². The number of hydrogen-bond acceptors (Lipinski definition) is 5. The standard InChI is InChI=1S/C17H18N4OS2/c1-11-5-4-6-14(7-11)18-15(22)10-24-17-20-19-16(21(17)3)13-8-12(2)23-9-13/h4-9H,10H2,1-3H3,(H,18,22). The average Bonchev–Trinajstić information content (AvgIpc) is 3.11. The fraction of sp³-hybridized carbons (Fsp3) is 0.235. The smallest absolute Gasteiger partial charge is 0.234 e. The van der Waals surface area contributed by atoms with Crippen molar-refractivity contribution >= 4 is 34.7 Å². The number of nitrogens with one attached hydrogen (secondary N) is 1. The second-order valence-corrected chi connectivity index (χ2v) is 7.58. The molecule has 0 aliphatic carbocycles. The first kappa shape index (κ1) is 16.7. The van der Waals surface area contributed by atoms with Crippen LogP contribution in [-0.2, 0) is 11.8 Å². The molecule has 0 saturated carbocycles. The molecule has 3 rings (SSSR count). The number of carbonyl (C=O) groups excluding carboxylic acids is 1. The first-order valence-corrected chi connectivity index (χ1v) is 9.33. The topological polar surface area (TPSA) is 59.8 Å². The van der Waals surface area contributed by atoms with Gasteiger partial charge in [-0.3, -0.25) is 4.79 Å². The average molecular weight is 358 g/mol. The first-order valence-electron chi connectivity index (χ1n) is 7.47. The van der Waals surface area contributed by atoms with Crippen LogP contribution in [0.5, 0.6) is 0 Å². The van der Waals surface area contributed by atoms with Crippen LogP contribution in [0.4, 0.5) is 5.69 Å². The van der Waals surface area contributed by atoms with Gasteiger partial charge in [-0.1, -0.05) is 23.9 Å². The zero-order chi connectivity index (χ0) is 17.1. The highest BCUT2D eigenvalue weighted by Crippen LogP contribution is 2.26. The van der Waals surface area contributed by atoms with Crippen molar-refractivity contribution in [1.82, 2.24) is 14.8 Å². The number of rotatable bonds is 5. The first-order chi connectivity index (χ1) is 11.5. The molecule has 24 heavy (non-hydrogen) atoms. The molecule has 7 heteroatoms. The Morgan fingerprint density at radius 2 is 2.12 bits per heavy atom. The normalized spacial score (nSPS) is 10.8. The van der Waals surface area contributed by atoms with Gasteiger partial charge in [0.25, 0.3) is 0 Å². The van der Waals surface area contributed by atoms with Crippen LogP contribution in [0.15, 0.2) is 40.9 Å². The molecule has 0 radical (unpaired) electrons. The van der Waals surface area contributed by atoms with Gasteiger partial charge in [0.1, 0.15) is 0 Å². The molecule has 1 aromatic carbocycles. The predicted octanol–water partition coefficient (Wildman–Crippen LogP) is 3.89. The van der Waals surface area contributed by atoms with Gasteiger partial charge in [0.05, 0.1) is 5.75 Å². The van der Waals surface area contributed by atoms with E-state index in [1.165, 1.54) is 16.6 Å². The number of thiophene rings is 1. The second-order valence-electron chi connectivity index (χ2n) is 5.52. The van der Waals surface area contributed by atoms with E-state index in [1.807, 2.05) is 42.8 Å². The van der Waals surface area contributed by atoms with E-state index in [1.54, 1.807) is 11.3 Å². The summed E-state index contributed by atoms with van der Waals surface area (Å²) in [6.07, 6.45) is 0. The lowest BCUT2D eigenvalue weighted by Crippen LogP contribution is -2.14. The molecule has 5 nitrogen and oxygen atoms in total. The number of aromatic nitrogens is 3. The molecule has 0 aliphatic rings. The minimum atomic E-state index is -0.0541. The SMILES string of the molecule is Cc1cccc(NC(=O)CSc2nnc(-c3csc(C)c3)n2C)c1. The van der Waals surface area contributed by atoms with Crippen molar-refractivity contribution in [2.24, 2.45) is 7.05 Å². The Labute approximate surface area is 149 Å². The van der Waals surface area contributed by atoms with E-state index < -0.39 is 0 Å². The molecule has 3 aromatic rings. The van der Waals surface area contributed by atoms with Crippen molar-refractivity contribution < 1.29 is 4.79 Å². The largest absolute Gasteiger partial charge is 0.325 e. The molecule has 0 spiro atoms. The van der Waals surface area contributed by atoms with E-state index in [9.17, 15) is 4.79 Å². The summed E-state index contributed by atoms with van der Waals surface area (Å²) in [5.74, 6) is 1.06. The predicted molar refractivity (Wildman–Crippen MR) is 99.6 cm³/mol. The Hall–Kier alpha value is -2.12. The van der Waals surface area contributed by atoms with Crippen LogP contribution in [0.1, 0.15) is 10.4 Å². The highest BCUT2D eigenvalue weighted by atomic mass is 32.2. The third kappa shape index (κ3) is 3.85. The number of aryl methyl sites for hydroxylation is 2. The van der Waals surface area contributed by atoms with Crippen molar-refractivity contribution in [3.05, 3.63) is 46.2 Å². The Bertz CT molecular complexity index is 869. The Balaban J connectivity index is 1.63. The van der Waals surface area contributed by atoms with Gasteiger partial charge in [-0.2, -0.15) is 0 Å². The van der Waals surface area contributed by atoms with Crippen LogP contribution >= 0.6 is 23.1 Å². The van der Waals surface area contributed by atoms with Gasteiger partial charge in [-0.15, -0.1) is 21.5 Å². The lowest BCUT2D eigenvalue weighted by molar-refractivity contribution is -0.113. The van der Waals surface area contributed by atoms with Crippen LogP contribution in [-0.4, -0.2) is 26.4 Å². The maximum atomic E-state index is 12.1. The summed E-state index contributed by atoms with van der Waals surface area (Å²) in [4.78, 5) is 13.3. The maximum Gasteiger partial charge on any atom is 0.234 e. The molecule has 2 aromatic heterocycles. The zero-order valence-corrected chi connectivity index (χ0v) is 15.4. The third-order valence-corrected chi connectivity index (χ3v) is 5.34. The van der Waals surface area contributed by atoms with Crippen LogP contribution in [0.25, 0.3) is 11.4 Å². The van der Waals surface area contributed by atoms with Gasteiger partial charge in [-0.25, -0.2) is 0 Å². The summed E-state index contributed by atoms with van der Waals surface area (Å²) < 4.78 is 1.92. The summed E-state index contributed by atoms with van der Waals surface area (Å²) in [7, 11) is 1.92.